The summed E-state index contributed by atoms with van der Waals surface area (Å²) in [6, 6.07) is 22.3. The van der Waals surface area contributed by atoms with Gasteiger partial charge in [-0.15, -0.1) is 26.3 Å². The molecular formula is C49H42Cl2F6N4O11S2. The van der Waals surface area contributed by atoms with Crippen LogP contribution in [-0.4, -0.2) is 76.3 Å². The number of rotatable bonds is 16. The Morgan fingerprint density at radius 2 is 0.905 bits per heavy atom. The van der Waals surface area contributed by atoms with Crippen molar-refractivity contribution in [2.24, 2.45) is 0 Å². The highest BCUT2D eigenvalue weighted by molar-refractivity contribution is 7.91. The Bertz CT molecular complexity index is 3220. The minimum atomic E-state index is -5.26. The molecule has 4 N–H and O–H groups in total. The number of Topliss-reactive ketones (excluding diaryl/α,β-unsaturated/α-hetero) is 1. The van der Waals surface area contributed by atoms with E-state index >= 15 is 4.79 Å². The van der Waals surface area contributed by atoms with Crippen molar-refractivity contribution < 1.29 is 76.4 Å². The summed E-state index contributed by atoms with van der Waals surface area (Å²) in [5.41, 5.74) is -4.87. The third-order valence-corrected chi connectivity index (χ3v) is 14.8. The van der Waals surface area contributed by atoms with Crippen LogP contribution in [0.25, 0.3) is 0 Å². The van der Waals surface area contributed by atoms with E-state index in [2.05, 4.69) is 30.7 Å². The van der Waals surface area contributed by atoms with E-state index in [1.54, 1.807) is 0 Å². The molecule has 0 aliphatic carbocycles. The first-order valence-electron chi connectivity index (χ1n) is 21.5. The monoisotopic (exact) mass is 1110 g/mol. The maximum Gasteiger partial charge on any atom is 0.573 e. The van der Waals surface area contributed by atoms with E-state index in [-0.39, 0.29) is 87.8 Å². The Hall–Kier alpha value is -6.95. The molecule has 4 atom stereocenters. The lowest BCUT2D eigenvalue weighted by Gasteiger charge is -2.43. The summed E-state index contributed by atoms with van der Waals surface area (Å²) < 4.78 is 169. The molecule has 25 heteroatoms. The van der Waals surface area contributed by atoms with Crippen molar-refractivity contribution in [1.82, 2.24) is 0 Å². The fourth-order valence-corrected chi connectivity index (χ4v) is 11.0. The van der Waals surface area contributed by atoms with Gasteiger partial charge in [0.15, 0.2) is 36.8 Å². The normalized spacial score (nSPS) is 19.3. The fraction of sp³-hybridized carbons (Fsp3) is 0.245. The zero-order valence-corrected chi connectivity index (χ0v) is 42.5. The summed E-state index contributed by atoms with van der Waals surface area (Å²) in [6.45, 7) is 0. The molecule has 2 aliphatic heterocycles. The van der Waals surface area contributed by atoms with Crippen molar-refractivity contribution in [3.63, 3.8) is 0 Å². The van der Waals surface area contributed by atoms with Crippen LogP contribution in [0.3, 0.4) is 0 Å². The lowest BCUT2D eigenvalue weighted by atomic mass is 9.71. The Kier molecular flexibility index (Phi) is 14.0. The summed E-state index contributed by atoms with van der Waals surface area (Å²) in [4.78, 5) is 16.6. The fourth-order valence-electron chi connectivity index (χ4n) is 9.29. The number of fused-ring (bicyclic) bond motifs is 2. The van der Waals surface area contributed by atoms with E-state index in [4.69, 9.17) is 42.1 Å². The first-order valence-corrected chi connectivity index (χ1v) is 26.1. The van der Waals surface area contributed by atoms with Gasteiger partial charge in [0.1, 0.15) is 34.5 Å². The summed E-state index contributed by atoms with van der Waals surface area (Å²) >= 11 is 13.0. The molecule has 0 bridgehead atoms. The number of ether oxygens (including phenoxy) is 6. The highest BCUT2D eigenvalue weighted by Crippen LogP contribution is 2.60. The van der Waals surface area contributed by atoms with Gasteiger partial charge in [0.05, 0.1) is 50.1 Å². The van der Waals surface area contributed by atoms with Crippen molar-refractivity contribution in [1.29, 1.82) is 0 Å². The molecule has 0 amide bonds. The van der Waals surface area contributed by atoms with Crippen molar-refractivity contribution >= 4 is 71.4 Å². The standard InChI is InChI=1S/C49H42Cl2F6N4O11S2/c1-67-31-17-27(19-33(21-31)73(5,63)64)58-46(37-11-7-25(50)15-41(37)69-3)43(35-23-29(71-48(52,53)54)9-13-39(35)60-46)45(62)44-36-24-30(72-49(55,56)57)10-14-40(36)61-47(44,38-12-8-26(51)16-42(38)70-4)59-28-18-32(68-2)22-34(20-28)74(6,65)66/h7-24,43-44,58-61H,1-6H3/t43-,44-,46-,47-/m1/s1. The van der Waals surface area contributed by atoms with Crippen LogP contribution in [0.5, 0.6) is 34.5 Å². The van der Waals surface area contributed by atoms with Gasteiger partial charge in [-0.3, -0.25) is 4.79 Å². The maximum atomic E-state index is 17.1. The number of methoxy groups -OCH3 is 4. The minimum Gasteiger partial charge on any atom is -0.497 e. The van der Waals surface area contributed by atoms with Crippen molar-refractivity contribution in [3.8, 4) is 34.5 Å². The second-order valence-corrected chi connectivity index (χ2v) is 21.9. The first-order chi connectivity index (χ1) is 34.6. The lowest BCUT2D eigenvalue weighted by Crippen LogP contribution is -2.53. The van der Waals surface area contributed by atoms with Gasteiger partial charge >= 0.3 is 12.7 Å². The van der Waals surface area contributed by atoms with Gasteiger partial charge in [-0.25, -0.2) is 16.8 Å². The van der Waals surface area contributed by atoms with E-state index in [1.807, 2.05) is 0 Å². The summed E-state index contributed by atoms with van der Waals surface area (Å²) in [6.07, 6.45) is -8.65. The zero-order valence-electron chi connectivity index (χ0n) is 39.4. The lowest BCUT2D eigenvalue weighted by molar-refractivity contribution is -0.275. The smallest absolute Gasteiger partial charge is 0.497 e. The van der Waals surface area contributed by atoms with Crippen LogP contribution in [0.4, 0.5) is 49.1 Å². The average Bonchev–Trinajstić information content (AvgIpc) is 3.81. The van der Waals surface area contributed by atoms with Crippen LogP contribution >= 0.6 is 23.2 Å². The molecule has 15 nitrogen and oxygen atoms in total. The molecule has 8 rings (SSSR count). The number of ketones is 1. The minimum absolute atomic E-state index is 0.00201. The SMILES string of the molecule is COc1cc(N[C@]2(c3ccc(Cl)cc3OC)Nc3ccc(OC(F)(F)F)cc3[C@@H]2C(=O)[C@H]2c3cc(OC(F)(F)F)ccc3N[C@]2(Nc2cc(OC)cc(S(C)(=O)=O)c2)c2ccc(Cl)cc2OC)cc(S(C)(=O)=O)c1. The Morgan fingerprint density at radius 1 is 0.527 bits per heavy atom. The highest BCUT2D eigenvalue weighted by Gasteiger charge is 2.61. The van der Waals surface area contributed by atoms with E-state index < -0.39 is 72.8 Å². The predicted molar refractivity (Wildman–Crippen MR) is 263 cm³/mol. The number of nitrogens with one attached hydrogen (secondary N) is 4. The summed E-state index contributed by atoms with van der Waals surface area (Å²) in [7, 11) is -2.97. The van der Waals surface area contributed by atoms with Gasteiger partial charge in [-0.05, 0) is 108 Å². The van der Waals surface area contributed by atoms with Crippen molar-refractivity contribution in [2.75, 3.05) is 62.2 Å². The van der Waals surface area contributed by atoms with Gasteiger partial charge in [0.25, 0.3) is 0 Å². The molecule has 6 aromatic carbocycles. The van der Waals surface area contributed by atoms with Crippen LogP contribution in [0.15, 0.2) is 119 Å². The number of alkyl halides is 6. The Morgan fingerprint density at radius 3 is 1.23 bits per heavy atom. The molecule has 0 spiro atoms. The molecule has 74 heavy (non-hydrogen) atoms. The predicted octanol–water partition coefficient (Wildman–Crippen LogP) is 10.8. The van der Waals surface area contributed by atoms with Gasteiger partial charge in [-0.2, -0.15) is 0 Å². The average molecular weight is 1110 g/mol. The Labute approximate surface area is 429 Å². The van der Waals surface area contributed by atoms with Crippen LogP contribution in [0.1, 0.15) is 34.1 Å². The second kappa shape index (κ2) is 19.4. The maximum absolute atomic E-state index is 17.1. The molecular weight excluding hydrogens is 1070 g/mol. The summed E-state index contributed by atoms with van der Waals surface area (Å²) in [5.74, 6) is -6.45. The van der Waals surface area contributed by atoms with Crippen LogP contribution < -0.4 is 49.7 Å². The molecule has 392 valence electrons. The number of hydrogen-bond acceptors (Lipinski definition) is 15. The number of sulfone groups is 2. The molecule has 0 saturated heterocycles. The van der Waals surface area contributed by atoms with E-state index in [0.29, 0.717) is 0 Å². The molecule has 0 aromatic heterocycles. The number of benzene rings is 6. The number of hydrogen-bond donors (Lipinski definition) is 4. The number of carbonyl (C=O) groups is 1. The molecule has 0 fully saturated rings. The highest BCUT2D eigenvalue weighted by atomic mass is 35.5. The van der Waals surface area contributed by atoms with E-state index in [9.17, 15) is 43.2 Å². The number of anilines is 4. The zero-order chi connectivity index (χ0) is 53.9. The molecule has 6 aromatic rings. The van der Waals surface area contributed by atoms with Crippen LogP contribution in [0, 0.1) is 0 Å². The summed E-state index contributed by atoms with van der Waals surface area (Å²) in [5, 5.41) is 13.3. The third-order valence-electron chi connectivity index (χ3n) is 12.2. The number of carbonyl (C=O) groups excluding carboxylic acids is 1. The van der Waals surface area contributed by atoms with E-state index in [1.165, 1.54) is 113 Å². The van der Waals surface area contributed by atoms with Gasteiger partial charge in [0, 0.05) is 68.6 Å². The second-order valence-electron chi connectivity index (χ2n) is 17.0. The number of halogens is 8. The van der Waals surface area contributed by atoms with Crippen molar-refractivity contribution in [2.45, 2.75) is 45.7 Å². The first kappa shape index (κ1) is 53.3. The Balaban J connectivity index is 1.52. The van der Waals surface area contributed by atoms with Crippen molar-refractivity contribution in [3.05, 3.63) is 141 Å². The molecule has 2 aliphatic rings. The topological polar surface area (TPSA) is 189 Å². The van der Waals surface area contributed by atoms with Crippen LogP contribution in [0.2, 0.25) is 10.0 Å². The molecule has 0 saturated carbocycles. The van der Waals surface area contributed by atoms with Gasteiger partial charge < -0.3 is 49.7 Å². The molecule has 2 heterocycles. The quantitative estimate of drug-likeness (QED) is 0.0670. The molecule has 0 radical (unpaired) electrons. The van der Waals surface area contributed by atoms with Gasteiger partial charge in [0.2, 0.25) is 0 Å². The van der Waals surface area contributed by atoms with Gasteiger partial charge in [-0.1, -0.05) is 23.2 Å². The van der Waals surface area contributed by atoms with E-state index in [0.717, 1.165) is 36.8 Å². The molecule has 0 unspecified atom stereocenters. The van der Waals surface area contributed by atoms with Crippen LogP contribution in [-0.2, 0) is 35.8 Å². The third kappa shape index (κ3) is 10.5. The largest absolute Gasteiger partial charge is 0.573 e.